The highest BCUT2D eigenvalue weighted by Gasteiger charge is 2.05. The van der Waals surface area contributed by atoms with Gasteiger partial charge in [0.1, 0.15) is 0 Å². The molecule has 0 aliphatic rings. The molecular weight excluding hydrogens is 294 g/mol. The van der Waals surface area contributed by atoms with Gasteiger partial charge in [0.2, 0.25) is 0 Å². The maximum Gasteiger partial charge on any atom is 0.0988 e. The molecule has 0 saturated heterocycles. The van der Waals surface area contributed by atoms with Crippen LogP contribution >= 0.6 is 0 Å². The second kappa shape index (κ2) is 10.3. The highest BCUT2D eigenvalue weighted by Crippen LogP contribution is 2.22. The van der Waals surface area contributed by atoms with Crippen molar-refractivity contribution in [1.29, 1.82) is 0 Å². The minimum absolute atomic E-state index is 0.895. The summed E-state index contributed by atoms with van der Waals surface area (Å²) >= 11 is 0. The molecule has 0 amide bonds. The average molecular weight is 321 g/mol. The van der Waals surface area contributed by atoms with Crippen molar-refractivity contribution in [3.8, 4) is 0 Å². The first-order chi connectivity index (χ1) is 11.8. The summed E-state index contributed by atoms with van der Waals surface area (Å²) in [6.07, 6.45) is 9.66. The van der Waals surface area contributed by atoms with Crippen molar-refractivity contribution in [3.05, 3.63) is 60.6 Å². The summed E-state index contributed by atoms with van der Waals surface area (Å²) in [5.41, 5.74) is 4.74. The molecule has 0 radical (unpaired) electrons. The highest BCUT2D eigenvalue weighted by molar-refractivity contribution is 6.02. The van der Waals surface area contributed by atoms with Gasteiger partial charge in [-0.3, -0.25) is 9.97 Å². The van der Waals surface area contributed by atoms with E-state index in [2.05, 4.69) is 9.97 Å². The Hall–Kier alpha value is -2.55. The Morgan fingerprint density at radius 2 is 1.67 bits per heavy atom. The SMILES string of the molecule is C/C=C\C=C(/C)c1cnc2ccc3ncccc3c2n1.CC.CC. The first kappa shape index (κ1) is 19.5. The van der Waals surface area contributed by atoms with Crippen LogP contribution in [-0.2, 0) is 0 Å². The minimum Gasteiger partial charge on any atom is -0.256 e. The molecule has 126 valence electrons. The number of fused-ring (bicyclic) bond motifs is 3. The molecule has 0 N–H and O–H groups in total. The summed E-state index contributed by atoms with van der Waals surface area (Å²) in [6.45, 7) is 12.0. The number of benzene rings is 1. The molecule has 2 aromatic heterocycles. The van der Waals surface area contributed by atoms with Crippen molar-refractivity contribution in [2.75, 3.05) is 0 Å². The van der Waals surface area contributed by atoms with Crippen molar-refractivity contribution in [2.45, 2.75) is 41.5 Å². The Kier molecular flexibility index (Phi) is 8.34. The van der Waals surface area contributed by atoms with Crippen LogP contribution in [0.5, 0.6) is 0 Å². The molecule has 1 aromatic carbocycles. The van der Waals surface area contributed by atoms with Crippen molar-refractivity contribution in [3.63, 3.8) is 0 Å². The lowest BCUT2D eigenvalue weighted by Crippen LogP contribution is -1.92. The third-order valence-corrected chi connectivity index (χ3v) is 3.24. The molecule has 3 nitrogen and oxygen atoms in total. The molecular formula is C21H27N3. The molecule has 0 aliphatic heterocycles. The summed E-state index contributed by atoms with van der Waals surface area (Å²) in [5.74, 6) is 0. The lowest BCUT2D eigenvalue weighted by atomic mass is 10.1. The molecule has 0 bridgehead atoms. The normalized spacial score (nSPS) is 11.0. The third-order valence-electron chi connectivity index (χ3n) is 3.24. The Bertz CT molecular complexity index is 833. The molecule has 0 fully saturated rings. The number of aromatic nitrogens is 3. The van der Waals surface area contributed by atoms with E-state index in [9.17, 15) is 0 Å². The summed E-state index contributed by atoms with van der Waals surface area (Å²) in [4.78, 5) is 13.6. The fraction of sp³-hybridized carbons (Fsp3) is 0.286. The van der Waals surface area contributed by atoms with Gasteiger partial charge in [0, 0.05) is 11.6 Å². The van der Waals surface area contributed by atoms with Crippen LogP contribution in [0.1, 0.15) is 47.2 Å². The zero-order chi connectivity index (χ0) is 17.9. The standard InChI is InChI=1S/C17H15N3.2C2H6/c1-3-4-6-12(2)16-11-19-15-9-8-14-13(17(15)20-16)7-5-10-18-14;2*1-2/h3-11H,1-2H3;2*1-2H3/b4-3-,12-6+;;. The Balaban J connectivity index is 0.000000671. The monoisotopic (exact) mass is 321 g/mol. The van der Waals surface area contributed by atoms with Gasteiger partial charge in [-0.25, -0.2) is 4.98 Å². The second-order valence-electron chi connectivity index (χ2n) is 4.63. The van der Waals surface area contributed by atoms with E-state index in [0.717, 1.165) is 33.2 Å². The molecule has 0 saturated carbocycles. The molecule has 3 rings (SSSR count). The number of pyridine rings is 1. The van der Waals surface area contributed by atoms with Crippen molar-refractivity contribution in [1.82, 2.24) is 15.0 Å². The number of hydrogen-bond donors (Lipinski definition) is 0. The van der Waals surface area contributed by atoms with E-state index in [-0.39, 0.29) is 0 Å². The van der Waals surface area contributed by atoms with Crippen molar-refractivity contribution in [2.24, 2.45) is 0 Å². The molecule has 0 unspecified atom stereocenters. The van der Waals surface area contributed by atoms with Gasteiger partial charge in [-0.1, -0.05) is 45.9 Å². The topological polar surface area (TPSA) is 38.7 Å². The summed E-state index contributed by atoms with van der Waals surface area (Å²) in [6, 6.07) is 7.91. The lowest BCUT2D eigenvalue weighted by molar-refractivity contribution is 1.25. The van der Waals surface area contributed by atoms with E-state index in [1.54, 1.807) is 6.20 Å². The predicted molar refractivity (Wildman–Crippen MR) is 106 cm³/mol. The predicted octanol–water partition coefficient (Wildman–Crippen LogP) is 6.21. The Morgan fingerprint density at radius 3 is 2.38 bits per heavy atom. The first-order valence-electron chi connectivity index (χ1n) is 8.60. The molecule has 24 heavy (non-hydrogen) atoms. The van der Waals surface area contributed by atoms with Crippen LogP contribution in [0, 0.1) is 0 Å². The van der Waals surface area contributed by atoms with Gasteiger partial charge in [-0.05, 0) is 43.7 Å². The van der Waals surface area contributed by atoms with Crippen LogP contribution in [0.3, 0.4) is 0 Å². The number of rotatable bonds is 2. The van der Waals surface area contributed by atoms with Crippen LogP contribution in [0.25, 0.3) is 27.5 Å². The molecule has 3 heteroatoms. The molecule has 0 aliphatic carbocycles. The van der Waals surface area contributed by atoms with E-state index < -0.39 is 0 Å². The van der Waals surface area contributed by atoms with Crippen molar-refractivity contribution < 1.29 is 0 Å². The smallest absolute Gasteiger partial charge is 0.0988 e. The second-order valence-corrected chi connectivity index (χ2v) is 4.63. The summed E-state index contributed by atoms with van der Waals surface area (Å²) < 4.78 is 0. The maximum atomic E-state index is 4.75. The van der Waals surface area contributed by atoms with Gasteiger partial charge in [0.05, 0.1) is 28.4 Å². The Labute approximate surface area is 145 Å². The van der Waals surface area contributed by atoms with E-state index in [0.29, 0.717) is 0 Å². The number of hydrogen-bond acceptors (Lipinski definition) is 3. The van der Waals surface area contributed by atoms with Gasteiger partial charge < -0.3 is 0 Å². The van der Waals surface area contributed by atoms with Gasteiger partial charge in [-0.2, -0.15) is 0 Å². The number of nitrogens with zero attached hydrogens (tertiary/aromatic N) is 3. The van der Waals surface area contributed by atoms with Crippen LogP contribution < -0.4 is 0 Å². The molecule has 2 heterocycles. The van der Waals surface area contributed by atoms with Gasteiger partial charge >= 0.3 is 0 Å². The summed E-state index contributed by atoms with van der Waals surface area (Å²) in [7, 11) is 0. The van der Waals surface area contributed by atoms with Crippen LogP contribution in [-0.4, -0.2) is 15.0 Å². The van der Waals surface area contributed by atoms with Crippen molar-refractivity contribution >= 4 is 27.5 Å². The summed E-state index contributed by atoms with van der Waals surface area (Å²) in [5, 5.41) is 1.04. The van der Waals surface area contributed by atoms with E-state index in [1.165, 1.54) is 0 Å². The molecule has 0 atom stereocenters. The number of allylic oxidation sites excluding steroid dienone is 4. The van der Waals surface area contributed by atoms with Crippen LogP contribution in [0.4, 0.5) is 0 Å². The van der Waals surface area contributed by atoms with Crippen LogP contribution in [0.2, 0.25) is 0 Å². The highest BCUT2D eigenvalue weighted by atomic mass is 14.8. The zero-order valence-corrected chi connectivity index (χ0v) is 15.5. The lowest BCUT2D eigenvalue weighted by Gasteiger charge is -2.05. The first-order valence-corrected chi connectivity index (χ1v) is 8.60. The third kappa shape index (κ3) is 4.48. The van der Waals surface area contributed by atoms with Crippen LogP contribution in [0.15, 0.2) is 54.9 Å². The van der Waals surface area contributed by atoms with E-state index in [1.807, 2.05) is 90.2 Å². The van der Waals surface area contributed by atoms with Gasteiger partial charge in [0.25, 0.3) is 0 Å². The average Bonchev–Trinajstić information content (AvgIpc) is 2.68. The largest absolute Gasteiger partial charge is 0.256 e. The molecule has 0 spiro atoms. The maximum absolute atomic E-state index is 4.75. The minimum atomic E-state index is 0.895. The quantitative estimate of drug-likeness (QED) is 0.416. The van der Waals surface area contributed by atoms with E-state index in [4.69, 9.17) is 4.98 Å². The van der Waals surface area contributed by atoms with Gasteiger partial charge in [0.15, 0.2) is 0 Å². The van der Waals surface area contributed by atoms with Gasteiger partial charge in [-0.15, -0.1) is 0 Å². The van der Waals surface area contributed by atoms with E-state index >= 15 is 0 Å². The molecule has 3 aromatic rings. The fourth-order valence-corrected chi connectivity index (χ4v) is 2.14. The fourth-order valence-electron chi connectivity index (χ4n) is 2.14. The Morgan fingerprint density at radius 1 is 0.958 bits per heavy atom. The zero-order valence-electron chi connectivity index (χ0n) is 15.5.